The van der Waals surface area contributed by atoms with E-state index in [9.17, 15) is 0 Å². The Hall–Kier alpha value is -0.120. The highest BCUT2D eigenvalue weighted by atomic mass is 16.6. The van der Waals surface area contributed by atoms with E-state index in [4.69, 9.17) is 5.90 Å². The molecule has 0 aromatic heterocycles. The van der Waals surface area contributed by atoms with Crippen LogP contribution < -0.4 is 5.90 Å². The standard InChI is InChI=1S/C9H20N2O/c1-2-11-7-3-5-9(11)6-4-8-12-10/h9H,2-8,10H2,1H3. The van der Waals surface area contributed by atoms with Crippen LogP contribution in [0.15, 0.2) is 0 Å². The zero-order valence-corrected chi connectivity index (χ0v) is 7.96. The van der Waals surface area contributed by atoms with Crippen molar-refractivity contribution in [1.29, 1.82) is 0 Å². The first-order valence-corrected chi connectivity index (χ1v) is 4.94. The van der Waals surface area contributed by atoms with Gasteiger partial charge in [-0.15, -0.1) is 0 Å². The molecule has 1 aliphatic rings. The maximum atomic E-state index is 4.97. The zero-order chi connectivity index (χ0) is 8.81. The van der Waals surface area contributed by atoms with Crippen LogP contribution >= 0.6 is 0 Å². The van der Waals surface area contributed by atoms with Gasteiger partial charge in [0, 0.05) is 6.04 Å². The van der Waals surface area contributed by atoms with E-state index in [0.29, 0.717) is 6.61 Å². The van der Waals surface area contributed by atoms with Crippen molar-refractivity contribution in [1.82, 2.24) is 4.90 Å². The van der Waals surface area contributed by atoms with E-state index in [1.165, 1.54) is 32.4 Å². The molecule has 72 valence electrons. The van der Waals surface area contributed by atoms with E-state index in [2.05, 4.69) is 16.7 Å². The average Bonchev–Trinajstić information content (AvgIpc) is 2.52. The van der Waals surface area contributed by atoms with Gasteiger partial charge in [-0.25, -0.2) is 5.90 Å². The topological polar surface area (TPSA) is 38.5 Å². The summed E-state index contributed by atoms with van der Waals surface area (Å²) in [4.78, 5) is 7.10. The van der Waals surface area contributed by atoms with Crippen LogP contribution in [-0.4, -0.2) is 30.6 Å². The van der Waals surface area contributed by atoms with Crippen LogP contribution in [0, 0.1) is 0 Å². The molecule has 0 bridgehead atoms. The fraction of sp³-hybridized carbons (Fsp3) is 1.00. The van der Waals surface area contributed by atoms with Crippen molar-refractivity contribution >= 4 is 0 Å². The van der Waals surface area contributed by atoms with E-state index in [1.54, 1.807) is 0 Å². The number of nitrogens with two attached hydrogens (primary N) is 1. The van der Waals surface area contributed by atoms with Gasteiger partial charge in [-0.2, -0.15) is 0 Å². The summed E-state index contributed by atoms with van der Waals surface area (Å²) < 4.78 is 0. The minimum absolute atomic E-state index is 0.702. The van der Waals surface area contributed by atoms with Crippen molar-refractivity contribution < 1.29 is 4.84 Å². The van der Waals surface area contributed by atoms with Gasteiger partial charge in [-0.3, -0.25) is 0 Å². The van der Waals surface area contributed by atoms with Crippen LogP contribution in [0.25, 0.3) is 0 Å². The lowest BCUT2D eigenvalue weighted by molar-refractivity contribution is 0.125. The molecule has 0 saturated carbocycles. The summed E-state index contributed by atoms with van der Waals surface area (Å²) in [5.74, 6) is 4.97. The predicted molar refractivity (Wildman–Crippen MR) is 49.6 cm³/mol. The smallest absolute Gasteiger partial charge is 0.0679 e. The minimum Gasteiger partial charge on any atom is -0.305 e. The summed E-state index contributed by atoms with van der Waals surface area (Å²) in [5.41, 5.74) is 0. The van der Waals surface area contributed by atoms with Gasteiger partial charge < -0.3 is 9.74 Å². The molecule has 3 heteroatoms. The molecule has 0 radical (unpaired) electrons. The number of likely N-dealkylation sites (tertiary alicyclic amines) is 1. The Labute approximate surface area is 74.8 Å². The van der Waals surface area contributed by atoms with E-state index in [1.807, 2.05) is 0 Å². The van der Waals surface area contributed by atoms with Crippen LogP contribution in [0.1, 0.15) is 32.6 Å². The van der Waals surface area contributed by atoms with Gasteiger partial charge in [0.2, 0.25) is 0 Å². The Kier molecular flexibility index (Phi) is 4.58. The third kappa shape index (κ3) is 2.73. The van der Waals surface area contributed by atoms with Gasteiger partial charge in [-0.05, 0) is 38.8 Å². The molecule has 0 amide bonds. The number of hydrogen-bond donors (Lipinski definition) is 1. The predicted octanol–water partition coefficient (Wildman–Crippen LogP) is 1.14. The first-order valence-electron chi connectivity index (χ1n) is 4.94. The van der Waals surface area contributed by atoms with E-state index >= 15 is 0 Å². The molecule has 1 rings (SSSR count). The molecule has 1 atom stereocenters. The third-order valence-electron chi connectivity index (χ3n) is 2.70. The van der Waals surface area contributed by atoms with Crippen LogP contribution in [0.4, 0.5) is 0 Å². The average molecular weight is 172 g/mol. The Morgan fingerprint density at radius 3 is 3.08 bits per heavy atom. The second-order valence-corrected chi connectivity index (χ2v) is 3.44. The second kappa shape index (κ2) is 5.51. The van der Waals surface area contributed by atoms with Crippen LogP contribution in [0.3, 0.4) is 0 Å². The van der Waals surface area contributed by atoms with Crippen LogP contribution in [0.2, 0.25) is 0 Å². The van der Waals surface area contributed by atoms with Crippen molar-refractivity contribution in [3.05, 3.63) is 0 Å². The lowest BCUT2D eigenvalue weighted by Crippen LogP contribution is -2.29. The molecule has 3 nitrogen and oxygen atoms in total. The van der Waals surface area contributed by atoms with Crippen molar-refractivity contribution in [3.8, 4) is 0 Å². The van der Waals surface area contributed by atoms with E-state index in [0.717, 1.165) is 12.5 Å². The van der Waals surface area contributed by atoms with Gasteiger partial charge in [0.05, 0.1) is 6.61 Å². The first-order chi connectivity index (χ1) is 5.88. The summed E-state index contributed by atoms with van der Waals surface area (Å²) in [5, 5.41) is 0. The summed E-state index contributed by atoms with van der Waals surface area (Å²) in [6.07, 6.45) is 5.06. The second-order valence-electron chi connectivity index (χ2n) is 3.44. The highest BCUT2D eigenvalue weighted by Gasteiger charge is 2.21. The molecular weight excluding hydrogens is 152 g/mol. The lowest BCUT2D eigenvalue weighted by atomic mass is 10.1. The van der Waals surface area contributed by atoms with Gasteiger partial charge in [0.1, 0.15) is 0 Å². The Morgan fingerprint density at radius 2 is 2.42 bits per heavy atom. The largest absolute Gasteiger partial charge is 0.305 e. The van der Waals surface area contributed by atoms with Crippen molar-refractivity contribution in [2.75, 3.05) is 19.7 Å². The summed E-state index contributed by atoms with van der Waals surface area (Å²) in [6.45, 7) is 5.41. The van der Waals surface area contributed by atoms with Crippen molar-refractivity contribution in [2.45, 2.75) is 38.6 Å². The SMILES string of the molecule is CCN1CCCC1CCCON. The number of hydrogen-bond acceptors (Lipinski definition) is 3. The normalized spacial score (nSPS) is 25.0. The summed E-state index contributed by atoms with van der Waals surface area (Å²) in [6, 6.07) is 0.796. The molecule has 2 N–H and O–H groups in total. The maximum absolute atomic E-state index is 4.97. The molecule has 0 spiro atoms. The van der Waals surface area contributed by atoms with Crippen molar-refractivity contribution in [2.24, 2.45) is 5.90 Å². The van der Waals surface area contributed by atoms with Gasteiger partial charge in [0.15, 0.2) is 0 Å². The van der Waals surface area contributed by atoms with Crippen LogP contribution in [-0.2, 0) is 4.84 Å². The van der Waals surface area contributed by atoms with Gasteiger partial charge in [-0.1, -0.05) is 6.92 Å². The Morgan fingerprint density at radius 1 is 1.58 bits per heavy atom. The fourth-order valence-electron chi connectivity index (χ4n) is 2.04. The molecule has 12 heavy (non-hydrogen) atoms. The molecule has 1 aliphatic heterocycles. The molecule has 0 aromatic rings. The maximum Gasteiger partial charge on any atom is 0.0679 e. The van der Waals surface area contributed by atoms with E-state index < -0.39 is 0 Å². The lowest BCUT2D eigenvalue weighted by Gasteiger charge is -2.22. The molecule has 0 aliphatic carbocycles. The zero-order valence-electron chi connectivity index (χ0n) is 7.96. The molecule has 1 unspecified atom stereocenters. The van der Waals surface area contributed by atoms with Crippen molar-refractivity contribution in [3.63, 3.8) is 0 Å². The first kappa shape index (κ1) is 9.96. The minimum atomic E-state index is 0.702. The molecule has 0 aromatic carbocycles. The number of nitrogens with zero attached hydrogens (tertiary/aromatic N) is 1. The number of rotatable bonds is 5. The summed E-state index contributed by atoms with van der Waals surface area (Å²) in [7, 11) is 0. The van der Waals surface area contributed by atoms with Gasteiger partial charge in [0.25, 0.3) is 0 Å². The van der Waals surface area contributed by atoms with Crippen LogP contribution in [0.5, 0.6) is 0 Å². The molecular formula is C9H20N2O. The quantitative estimate of drug-likeness (QED) is 0.499. The van der Waals surface area contributed by atoms with E-state index in [-0.39, 0.29) is 0 Å². The Bertz CT molecular complexity index is 119. The fourth-order valence-corrected chi connectivity index (χ4v) is 2.04. The third-order valence-corrected chi connectivity index (χ3v) is 2.70. The monoisotopic (exact) mass is 172 g/mol. The summed E-state index contributed by atoms with van der Waals surface area (Å²) >= 11 is 0. The highest BCUT2D eigenvalue weighted by Crippen LogP contribution is 2.20. The molecule has 1 fully saturated rings. The Balaban J connectivity index is 2.12. The molecule has 1 saturated heterocycles. The van der Waals surface area contributed by atoms with Gasteiger partial charge >= 0.3 is 0 Å². The molecule has 1 heterocycles. The highest BCUT2D eigenvalue weighted by molar-refractivity contribution is 4.77.